The molecular weight excluding hydrogens is 167 g/mol. The van der Waals surface area contributed by atoms with E-state index in [9.17, 15) is 4.79 Å². The zero-order valence-corrected chi connectivity index (χ0v) is 5.29. The Hall–Kier alpha value is 0.440. The van der Waals surface area contributed by atoms with Gasteiger partial charge in [-0.2, -0.15) is 0 Å². The molecular formula is C3H3BrClO. The second-order valence-corrected chi connectivity index (χ2v) is 2.15. The Balaban J connectivity index is 2.96. The Morgan fingerprint density at radius 1 is 2.00 bits per heavy atom. The van der Waals surface area contributed by atoms with Crippen LogP contribution in [0.2, 0.25) is 0 Å². The van der Waals surface area contributed by atoms with Crippen molar-refractivity contribution in [1.29, 1.82) is 0 Å². The lowest BCUT2D eigenvalue weighted by molar-refractivity contribution is 0.555. The molecule has 0 rings (SSSR count). The van der Waals surface area contributed by atoms with Crippen LogP contribution in [0.5, 0.6) is 0 Å². The van der Waals surface area contributed by atoms with Crippen LogP contribution in [0.15, 0.2) is 0 Å². The molecule has 0 aromatic carbocycles. The van der Waals surface area contributed by atoms with E-state index in [4.69, 9.17) is 11.6 Å². The maximum atomic E-state index is 9.48. The number of rotatable bonds is 2. The van der Waals surface area contributed by atoms with Crippen molar-refractivity contribution in [3.05, 3.63) is 0 Å². The molecule has 0 aliphatic carbocycles. The van der Waals surface area contributed by atoms with Crippen molar-refractivity contribution in [2.45, 2.75) is 4.83 Å². The van der Waals surface area contributed by atoms with Crippen molar-refractivity contribution in [2.75, 3.05) is 5.88 Å². The third-order valence-electron chi connectivity index (χ3n) is 0.263. The minimum atomic E-state index is -0.292. The lowest BCUT2D eigenvalue weighted by Gasteiger charge is -1.83. The summed E-state index contributed by atoms with van der Waals surface area (Å²) in [5, 5.41) is 0. The van der Waals surface area contributed by atoms with Crippen LogP contribution >= 0.6 is 27.5 Å². The molecule has 0 saturated carbocycles. The van der Waals surface area contributed by atoms with E-state index in [0.29, 0.717) is 5.88 Å². The number of halogens is 2. The highest BCUT2D eigenvalue weighted by molar-refractivity contribution is 9.10. The first-order chi connectivity index (χ1) is 2.81. The highest BCUT2D eigenvalue weighted by Crippen LogP contribution is 1.95. The van der Waals surface area contributed by atoms with Crippen molar-refractivity contribution < 1.29 is 4.79 Å². The lowest BCUT2D eigenvalue weighted by atomic mass is 10.6. The van der Waals surface area contributed by atoms with E-state index in [0.717, 1.165) is 0 Å². The van der Waals surface area contributed by atoms with Crippen LogP contribution < -0.4 is 0 Å². The SMILES string of the molecule is O=[C]C(Br)CCl. The average molecular weight is 170 g/mol. The first kappa shape index (κ1) is 6.44. The summed E-state index contributed by atoms with van der Waals surface area (Å²) in [4.78, 5) is 9.19. The van der Waals surface area contributed by atoms with Gasteiger partial charge < -0.3 is 0 Å². The zero-order valence-electron chi connectivity index (χ0n) is 2.95. The quantitative estimate of drug-likeness (QED) is 0.567. The molecule has 0 aromatic heterocycles. The van der Waals surface area contributed by atoms with Gasteiger partial charge in [0, 0.05) is 5.88 Å². The Morgan fingerprint density at radius 2 is 2.50 bits per heavy atom. The molecule has 0 amide bonds. The Morgan fingerprint density at radius 3 is 2.50 bits per heavy atom. The molecule has 0 fully saturated rings. The fourth-order valence-corrected chi connectivity index (χ4v) is 0.0945. The third-order valence-corrected chi connectivity index (χ3v) is 1.46. The zero-order chi connectivity index (χ0) is 4.99. The Bertz CT molecular complexity index is 48.1. The molecule has 0 aliphatic heterocycles. The van der Waals surface area contributed by atoms with Gasteiger partial charge in [0.05, 0.1) is 4.83 Å². The minimum absolute atomic E-state index is 0.292. The second-order valence-electron chi connectivity index (χ2n) is 0.740. The monoisotopic (exact) mass is 169 g/mol. The minimum Gasteiger partial charge on any atom is -0.290 e. The van der Waals surface area contributed by atoms with E-state index in [-0.39, 0.29) is 4.83 Å². The summed E-state index contributed by atoms with van der Waals surface area (Å²) >= 11 is 8.06. The molecule has 0 aliphatic rings. The third kappa shape index (κ3) is 2.67. The van der Waals surface area contributed by atoms with E-state index in [1.54, 1.807) is 6.29 Å². The molecule has 0 N–H and O–H groups in total. The van der Waals surface area contributed by atoms with Crippen molar-refractivity contribution in [2.24, 2.45) is 0 Å². The maximum Gasteiger partial charge on any atom is 0.214 e. The van der Waals surface area contributed by atoms with Crippen LogP contribution in [-0.2, 0) is 4.79 Å². The average Bonchev–Trinajstić information content (AvgIpc) is 1.65. The molecule has 3 heteroatoms. The summed E-state index contributed by atoms with van der Waals surface area (Å²) in [6.07, 6.45) is 1.65. The van der Waals surface area contributed by atoms with Crippen molar-refractivity contribution >= 4 is 33.8 Å². The number of hydrogen-bond acceptors (Lipinski definition) is 1. The summed E-state index contributed by atoms with van der Waals surface area (Å²) in [5.41, 5.74) is 0. The largest absolute Gasteiger partial charge is 0.290 e. The van der Waals surface area contributed by atoms with Gasteiger partial charge in [0.1, 0.15) is 0 Å². The van der Waals surface area contributed by atoms with Crippen molar-refractivity contribution in [3.8, 4) is 0 Å². The maximum absolute atomic E-state index is 9.48. The standard InChI is InChI=1S/C3H3BrClO/c4-3(1-5)2-6/h3H,1H2. The summed E-state index contributed by atoms with van der Waals surface area (Å²) in [6, 6.07) is 0. The molecule has 35 valence electrons. The van der Waals surface area contributed by atoms with Gasteiger partial charge in [-0.05, 0) is 0 Å². The van der Waals surface area contributed by atoms with Crippen LogP contribution in [0.3, 0.4) is 0 Å². The smallest absolute Gasteiger partial charge is 0.214 e. The van der Waals surface area contributed by atoms with Gasteiger partial charge in [-0.25, -0.2) is 0 Å². The van der Waals surface area contributed by atoms with Gasteiger partial charge in [-0.3, -0.25) is 4.79 Å². The van der Waals surface area contributed by atoms with Gasteiger partial charge in [0.25, 0.3) is 0 Å². The van der Waals surface area contributed by atoms with Crippen molar-refractivity contribution in [1.82, 2.24) is 0 Å². The van der Waals surface area contributed by atoms with Crippen LogP contribution in [0, 0.1) is 0 Å². The summed E-state index contributed by atoms with van der Waals surface area (Å²) in [6.45, 7) is 0. The fraction of sp³-hybridized carbons (Fsp3) is 0.667. The lowest BCUT2D eigenvalue weighted by Crippen LogP contribution is -1.97. The van der Waals surface area contributed by atoms with Gasteiger partial charge >= 0.3 is 0 Å². The highest BCUT2D eigenvalue weighted by atomic mass is 79.9. The van der Waals surface area contributed by atoms with Crippen LogP contribution in [0.25, 0.3) is 0 Å². The van der Waals surface area contributed by atoms with Gasteiger partial charge in [-0.15, -0.1) is 11.6 Å². The van der Waals surface area contributed by atoms with E-state index in [2.05, 4.69) is 15.9 Å². The summed E-state index contributed by atoms with van der Waals surface area (Å²) in [5.74, 6) is 0.295. The van der Waals surface area contributed by atoms with Gasteiger partial charge in [-0.1, -0.05) is 15.9 Å². The van der Waals surface area contributed by atoms with Gasteiger partial charge in [0.2, 0.25) is 6.29 Å². The van der Waals surface area contributed by atoms with E-state index in [1.807, 2.05) is 0 Å². The number of alkyl halides is 2. The Kier molecular flexibility index (Phi) is 3.89. The first-order valence-electron chi connectivity index (χ1n) is 1.39. The predicted molar refractivity (Wildman–Crippen MR) is 29.1 cm³/mol. The fourth-order valence-electron chi connectivity index (χ4n) is 0.0315. The van der Waals surface area contributed by atoms with Crippen LogP contribution in [0.1, 0.15) is 0 Å². The molecule has 6 heavy (non-hydrogen) atoms. The number of carbonyl (C=O) groups excluding carboxylic acids is 1. The predicted octanol–water partition coefficient (Wildman–Crippen LogP) is 1.10. The molecule has 1 radical (unpaired) electrons. The molecule has 0 bridgehead atoms. The van der Waals surface area contributed by atoms with Gasteiger partial charge in [0.15, 0.2) is 0 Å². The summed E-state index contributed by atoms with van der Waals surface area (Å²) < 4.78 is 0. The molecule has 1 nitrogen and oxygen atoms in total. The topological polar surface area (TPSA) is 17.1 Å². The van der Waals surface area contributed by atoms with E-state index < -0.39 is 0 Å². The van der Waals surface area contributed by atoms with Crippen LogP contribution in [0.4, 0.5) is 0 Å². The van der Waals surface area contributed by atoms with Crippen molar-refractivity contribution in [3.63, 3.8) is 0 Å². The normalized spacial score (nSPS) is 13.7. The van der Waals surface area contributed by atoms with E-state index >= 15 is 0 Å². The summed E-state index contributed by atoms with van der Waals surface area (Å²) in [7, 11) is 0. The number of hydrogen-bond donors (Lipinski definition) is 0. The molecule has 0 saturated heterocycles. The molecule has 1 atom stereocenters. The second kappa shape index (κ2) is 3.62. The van der Waals surface area contributed by atoms with Crippen LogP contribution in [-0.4, -0.2) is 17.0 Å². The first-order valence-corrected chi connectivity index (χ1v) is 2.84. The molecule has 0 aromatic rings. The Labute approximate surface area is 49.8 Å². The highest BCUT2D eigenvalue weighted by Gasteiger charge is 1.95. The molecule has 0 spiro atoms. The molecule has 1 unspecified atom stereocenters. The molecule has 0 heterocycles. The van der Waals surface area contributed by atoms with E-state index in [1.165, 1.54) is 0 Å².